The van der Waals surface area contributed by atoms with Crippen molar-refractivity contribution >= 4 is 17.3 Å². The highest BCUT2D eigenvalue weighted by Gasteiger charge is 2.17. The Balaban J connectivity index is 2.05. The van der Waals surface area contributed by atoms with E-state index in [1.54, 1.807) is 14.0 Å². The highest BCUT2D eigenvalue weighted by molar-refractivity contribution is 7.16. The van der Waals surface area contributed by atoms with Gasteiger partial charge in [-0.3, -0.25) is 9.36 Å². The van der Waals surface area contributed by atoms with Gasteiger partial charge in [0.05, 0.1) is 24.9 Å². The zero-order valence-electron chi connectivity index (χ0n) is 14.3. The molecule has 0 aliphatic carbocycles. The van der Waals surface area contributed by atoms with Crippen LogP contribution in [0.25, 0.3) is 10.6 Å². The van der Waals surface area contributed by atoms with E-state index in [1.807, 2.05) is 30.3 Å². The molecule has 0 unspecified atom stereocenters. The van der Waals surface area contributed by atoms with Crippen LogP contribution in [0.4, 0.5) is 0 Å². The number of carbonyl (C=O) groups is 1. The summed E-state index contributed by atoms with van der Waals surface area (Å²) >= 11 is 1.06. The van der Waals surface area contributed by atoms with E-state index in [9.17, 15) is 14.4 Å². The molecule has 0 aliphatic rings. The van der Waals surface area contributed by atoms with Crippen molar-refractivity contribution in [2.45, 2.75) is 13.5 Å². The standard InChI is InChI=1S/C18H17N3O4S/c1-3-25-17(23)14-9-19-15(26-14)13-11-20(2)18(24)21(16(13)22)10-12-7-5-4-6-8-12/h4-9,11H,3,10H2,1-2H3. The Labute approximate surface area is 153 Å². The highest BCUT2D eigenvalue weighted by atomic mass is 32.1. The minimum Gasteiger partial charge on any atom is -0.462 e. The van der Waals surface area contributed by atoms with Gasteiger partial charge in [-0.1, -0.05) is 30.3 Å². The number of ether oxygens (including phenoxy) is 1. The maximum atomic E-state index is 12.9. The van der Waals surface area contributed by atoms with Gasteiger partial charge in [-0.2, -0.15) is 0 Å². The Morgan fingerprint density at radius 1 is 1.23 bits per heavy atom. The predicted octanol–water partition coefficient (Wildman–Crippen LogP) is 1.90. The topological polar surface area (TPSA) is 83.2 Å². The molecule has 1 aromatic carbocycles. The van der Waals surface area contributed by atoms with E-state index < -0.39 is 17.2 Å². The monoisotopic (exact) mass is 371 g/mol. The van der Waals surface area contributed by atoms with E-state index in [4.69, 9.17) is 4.74 Å². The number of esters is 1. The molecule has 0 atom stereocenters. The Bertz CT molecular complexity index is 1050. The van der Waals surface area contributed by atoms with Crippen molar-refractivity contribution in [1.29, 1.82) is 0 Å². The second kappa shape index (κ2) is 7.49. The predicted molar refractivity (Wildman–Crippen MR) is 98.6 cm³/mol. The third-order valence-electron chi connectivity index (χ3n) is 3.73. The second-order valence-corrected chi connectivity index (χ2v) is 6.59. The van der Waals surface area contributed by atoms with Gasteiger partial charge in [0.2, 0.25) is 0 Å². The number of thiazole rings is 1. The number of nitrogens with zero attached hydrogens (tertiary/aromatic N) is 3. The summed E-state index contributed by atoms with van der Waals surface area (Å²) in [6.45, 7) is 2.14. The first-order chi connectivity index (χ1) is 12.5. The Kier molecular flexibility index (Phi) is 5.13. The first-order valence-corrected chi connectivity index (χ1v) is 8.80. The van der Waals surface area contributed by atoms with E-state index in [0.29, 0.717) is 9.88 Å². The van der Waals surface area contributed by atoms with Gasteiger partial charge in [0.25, 0.3) is 5.56 Å². The van der Waals surface area contributed by atoms with E-state index in [2.05, 4.69) is 4.98 Å². The molecular weight excluding hydrogens is 354 g/mol. The zero-order chi connectivity index (χ0) is 18.7. The number of hydrogen-bond donors (Lipinski definition) is 0. The maximum absolute atomic E-state index is 12.9. The van der Waals surface area contributed by atoms with Gasteiger partial charge in [-0.25, -0.2) is 14.6 Å². The fraction of sp³-hybridized carbons (Fsp3) is 0.222. The molecule has 0 saturated carbocycles. The molecule has 0 bridgehead atoms. The summed E-state index contributed by atoms with van der Waals surface area (Å²) in [5, 5.41) is 0.371. The van der Waals surface area contributed by atoms with Crippen molar-refractivity contribution in [1.82, 2.24) is 14.1 Å². The molecule has 0 spiro atoms. The zero-order valence-corrected chi connectivity index (χ0v) is 15.2. The molecule has 0 aliphatic heterocycles. The molecule has 2 aromatic heterocycles. The summed E-state index contributed by atoms with van der Waals surface area (Å²) < 4.78 is 7.45. The normalized spacial score (nSPS) is 10.7. The van der Waals surface area contributed by atoms with Gasteiger partial charge >= 0.3 is 11.7 Å². The lowest BCUT2D eigenvalue weighted by atomic mass is 10.2. The van der Waals surface area contributed by atoms with Crippen molar-refractivity contribution in [2.75, 3.05) is 6.61 Å². The number of benzene rings is 1. The van der Waals surface area contributed by atoms with Crippen LogP contribution in [0.15, 0.2) is 52.3 Å². The Morgan fingerprint density at radius 2 is 1.96 bits per heavy atom. The van der Waals surface area contributed by atoms with Gasteiger partial charge in [0.15, 0.2) is 0 Å². The average Bonchev–Trinajstić information content (AvgIpc) is 3.13. The van der Waals surface area contributed by atoms with E-state index in [0.717, 1.165) is 21.5 Å². The molecule has 8 heteroatoms. The quantitative estimate of drug-likeness (QED) is 0.640. The third-order valence-corrected chi connectivity index (χ3v) is 4.74. The molecule has 2 heterocycles. The molecule has 134 valence electrons. The van der Waals surface area contributed by atoms with Crippen LogP contribution in [-0.2, 0) is 18.3 Å². The first kappa shape index (κ1) is 17.8. The molecule has 0 saturated heterocycles. The van der Waals surface area contributed by atoms with E-state index in [-0.39, 0.29) is 18.7 Å². The third kappa shape index (κ3) is 3.50. The summed E-state index contributed by atoms with van der Waals surface area (Å²) in [4.78, 5) is 41.5. The van der Waals surface area contributed by atoms with E-state index in [1.165, 1.54) is 17.0 Å². The van der Waals surface area contributed by atoms with Crippen molar-refractivity contribution in [3.63, 3.8) is 0 Å². The largest absolute Gasteiger partial charge is 0.462 e. The van der Waals surface area contributed by atoms with Crippen LogP contribution >= 0.6 is 11.3 Å². The average molecular weight is 371 g/mol. The number of carbonyl (C=O) groups excluding carboxylic acids is 1. The number of aromatic nitrogens is 3. The van der Waals surface area contributed by atoms with Crippen LogP contribution in [0.5, 0.6) is 0 Å². The maximum Gasteiger partial charge on any atom is 0.349 e. The van der Waals surface area contributed by atoms with Crippen LogP contribution in [0.1, 0.15) is 22.2 Å². The summed E-state index contributed by atoms with van der Waals surface area (Å²) in [6.07, 6.45) is 2.82. The Morgan fingerprint density at radius 3 is 2.65 bits per heavy atom. The number of hydrogen-bond acceptors (Lipinski definition) is 6. The lowest BCUT2D eigenvalue weighted by Gasteiger charge is -2.09. The molecule has 0 amide bonds. The molecule has 26 heavy (non-hydrogen) atoms. The van der Waals surface area contributed by atoms with Crippen molar-refractivity contribution in [3.8, 4) is 10.6 Å². The molecule has 0 N–H and O–H groups in total. The van der Waals surface area contributed by atoms with Crippen LogP contribution in [0, 0.1) is 0 Å². The lowest BCUT2D eigenvalue weighted by molar-refractivity contribution is 0.0532. The number of aryl methyl sites for hydroxylation is 1. The van der Waals surface area contributed by atoms with Gasteiger partial charge in [-0.15, -0.1) is 11.3 Å². The van der Waals surface area contributed by atoms with E-state index >= 15 is 0 Å². The second-order valence-electron chi connectivity index (χ2n) is 5.56. The fourth-order valence-electron chi connectivity index (χ4n) is 2.47. The van der Waals surface area contributed by atoms with Gasteiger partial charge in [0, 0.05) is 13.2 Å². The van der Waals surface area contributed by atoms with Crippen molar-refractivity contribution in [2.24, 2.45) is 7.05 Å². The smallest absolute Gasteiger partial charge is 0.349 e. The number of rotatable bonds is 5. The van der Waals surface area contributed by atoms with Gasteiger partial charge in [-0.05, 0) is 12.5 Å². The summed E-state index contributed by atoms with van der Waals surface area (Å²) in [5.74, 6) is -0.481. The van der Waals surface area contributed by atoms with Crippen molar-refractivity contribution < 1.29 is 9.53 Å². The molecule has 3 aromatic rings. The lowest BCUT2D eigenvalue weighted by Crippen LogP contribution is -2.39. The highest BCUT2D eigenvalue weighted by Crippen LogP contribution is 2.22. The first-order valence-electron chi connectivity index (χ1n) is 7.99. The molecule has 7 nitrogen and oxygen atoms in total. The fourth-order valence-corrected chi connectivity index (χ4v) is 3.29. The molecular formula is C18H17N3O4S. The van der Waals surface area contributed by atoms with Gasteiger partial charge in [0.1, 0.15) is 9.88 Å². The van der Waals surface area contributed by atoms with Crippen LogP contribution in [-0.4, -0.2) is 26.7 Å². The summed E-state index contributed by atoms with van der Waals surface area (Å²) in [7, 11) is 1.58. The molecule has 0 fully saturated rings. The summed E-state index contributed by atoms with van der Waals surface area (Å²) in [6, 6.07) is 9.26. The molecule has 0 radical (unpaired) electrons. The van der Waals surface area contributed by atoms with Crippen molar-refractivity contribution in [3.05, 3.63) is 74.0 Å². The Hall–Kier alpha value is -3.00. The molecule has 3 rings (SSSR count). The van der Waals surface area contributed by atoms with Crippen LogP contribution in [0.3, 0.4) is 0 Å². The minimum atomic E-state index is -0.481. The van der Waals surface area contributed by atoms with Crippen LogP contribution < -0.4 is 11.2 Å². The minimum absolute atomic E-state index is 0.163. The summed E-state index contributed by atoms with van der Waals surface area (Å²) in [5.41, 5.74) is 0.255. The van der Waals surface area contributed by atoms with Crippen LogP contribution in [0.2, 0.25) is 0 Å². The van der Waals surface area contributed by atoms with Gasteiger partial charge < -0.3 is 9.30 Å². The SMILES string of the molecule is CCOC(=O)c1cnc(-c2cn(C)c(=O)n(Cc3ccccc3)c2=O)s1.